The van der Waals surface area contributed by atoms with Crippen LogP contribution in [0.15, 0.2) is 12.1 Å². The first-order chi connectivity index (χ1) is 16.3. The van der Waals surface area contributed by atoms with Gasteiger partial charge in [0.2, 0.25) is 0 Å². The maximum atomic E-state index is 11.0. The Morgan fingerprint density at radius 1 is 0.686 bits per heavy atom. The lowest BCUT2D eigenvalue weighted by Gasteiger charge is -2.32. The Balaban J connectivity index is 2.38. The monoisotopic (exact) mass is 490 g/mol. The van der Waals surface area contributed by atoms with Crippen LogP contribution in [-0.2, 0) is 22.1 Å². The molecule has 1 aromatic rings. The van der Waals surface area contributed by atoms with Gasteiger partial charge in [-0.2, -0.15) is 0 Å². The molecule has 0 saturated heterocycles. The molecule has 0 saturated carbocycles. The molecule has 0 atom stereocenters. The van der Waals surface area contributed by atoms with Gasteiger partial charge in [0.1, 0.15) is 12.3 Å². The van der Waals surface area contributed by atoms with Gasteiger partial charge in [-0.25, -0.2) is 0 Å². The van der Waals surface area contributed by atoms with Crippen LogP contribution in [0.1, 0.15) is 142 Å². The van der Waals surface area contributed by atoms with Crippen molar-refractivity contribution < 1.29 is 14.3 Å². The zero-order valence-corrected chi connectivity index (χ0v) is 25.1. The molecule has 0 aliphatic heterocycles. The van der Waals surface area contributed by atoms with Crippen molar-refractivity contribution in [2.24, 2.45) is 0 Å². The SMILES string of the molecule is CCCCCCCCCCCCCCOC[N+](C)(C)Cc1cc(C(C)(C)C)c(O)c(C(C)(C)C)c1. The summed E-state index contributed by atoms with van der Waals surface area (Å²) in [4.78, 5) is 0. The van der Waals surface area contributed by atoms with E-state index in [0.29, 0.717) is 12.5 Å². The van der Waals surface area contributed by atoms with E-state index in [-0.39, 0.29) is 10.8 Å². The maximum Gasteiger partial charge on any atom is 0.182 e. The zero-order valence-electron chi connectivity index (χ0n) is 25.1. The van der Waals surface area contributed by atoms with Crippen molar-refractivity contribution >= 4 is 0 Å². The number of aromatic hydroxyl groups is 1. The molecular weight excluding hydrogens is 430 g/mol. The molecule has 1 aromatic carbocycles. The number of phenols is 1. The number of hydrogen-bond acceptors (Lipinski definition) is 2. The summed E-state index contributed by atoms with van der Waals surface area (Å²) in [6, 6.07) is 4.41. The zero-order chi connectivity index (χ0) is 26.5. The largest absolute Gasteiger partial charge is 0.507 e. The van der Waals surface area contributed by atoms with Crippen LogP contribution in [0.4, 0.5) is 0 Å². The maximum absolute atomic E-state index is 11.0. The van der Waals surface area contributed by atoms with Crippen LogP contribution in [0.25, 0.3) is 0 Å². The summed E-state index contributed by atoms with van der Waals surface area (Å²) < 4.78 is 6.89. The number of nitrogens with zero attached hydrogens (tertiary/aromatic N) is 1. The predicted octanol–water partition coefficient (Wildman–Crippen LogP) is 9.24. The molecule has 3 heteroatoms. The molecule has 1 rings (SSSR count). The van der Waals surface area contributed by atoms with Gasteiger partial charge in [-0.1, -0.05) is 119 Å². The average Bonchev–Trinajstić information content (AvgIpc) is 2.73. The Kier molecular flexibility index (Phi) is 13.9. The molecule has 35 heavy (non-hydrogen) atoms. The quantitative estimate of drug-likeness (QED) is 0.134. The van der Waals surface area contributed by atoms with Crippen LogP contribution < -0.4 is 0 Å². The number of benzene rings is 1. The molecule has 0 fully saturated rings. The van der Waals surface area contributed by atoms with E-state index in [1.807, 2.05) is 0 Å². The van der Waals surface area contributed by atoms with Crippen LogP contribution in [0.3, 0.4) is 0 Å². The van der Waals surface area contributed by atoms with Crippen molar-refractivity contribution in [1.82, 2.24) is 0 Å². The lowest BCUT2D eigenvalue weighted by molar-refractivity contribution is -0.922. The van der Waals surface area contributed by atoms with Crippen molar-refractivity contribution in [1.29, 1.82) is 0 Å². The van der Waals surface area contributed by atoms with Gasteiger partial charge in [-0.3, -0.25) is 0 Å². The van der Waals surface area contributed by atoms with E-state index in [9.17, 15) is 5.11 Å². The normalized spacial score (nSPS) is 12.9. The molecule has 0 aliphatic rings. The summed E-state index contributed by atoms with van der Waals surface area (Å²) in [7, 11) is 4.48. The van der Waals surface area contributed by atoms with Crippen molar-refractivity contribution in [3.8, 4) is 5.75 Å². The molecule has 1 N–H and O–H groups in total. The highest BCUT2D eigenvalue weighted by Gasteiger charge is 2.28. The minimum absolute atomic E-state index is 0.0949. The van der Waals surface area contributed by atoms with Crippen LogP contribution in [0.5, 0.6) is 5.75 Å². The van der Waals surface area contributed by atoms with E-state index in [2.05, 4.69) is 74.7 Å². The van der Waals surface area contributed by atoms with Gasteiger partial charge in [0.25, 0.3) is 0 Å². The average molecular weight is 491 g/mol. The van der Waals surface area contributed by atoms with Crippen molar-refractivity contribution in [2.75, 3.05) is 27.4 Å². The fraction of sp³-hybridized carbons (Fsp3) is 0.812. The highest BCUT2D eigenvalue weighted by molar-refractivity contribution is 5.49. The second kappa shape index (κ2) is 15.3. The van der Waals surface area contributed by atoms with Gasteiger partial charge in [0, 0.05) is 16.7 Å². The van der Waals surface area contributed by atoms with Gasteiger partial charge in [0.05, 0.1) is 20.7 Å². The summed E-state index contributed by atoms with van der Waals surface area (Å²) in [6.07, 6.45) is 16.5. The molecule has 0 aromatic heterocycles. The number of unbranched alkanes of at least 4 members (excludes halogenated alkanes) is 11. The van der Waals surface area contributed by atoms with E-state index in [0.717, 1.165) is 28.8 Å². The minimum Gasteiger partial charge on any atom is -0.507 e. The van der Waals surface area contributed by atoms with Gasteiger partial charge < -0.3 is 14.3 Å². The molecule has 0 amide bonds. The molecule has 0 spiro atoms. The standard InChI is InChI=1S/C32H59NO2/c1-10-11-12-13-14-15-16-17-18-19-20-21-22-35-26-33(8,9)25-27-23-28(31(2,3)4)30(34)29(24-27)32(5,6)7/h23-24H,10-22,25-26H2,1-9H3/p+1. The Labute approximate surface area is 219 Å². The topological polar surface area (TPSA) is 29.5 Å². The lowest BCUT2D eigenvalue weighted by atomic mass is 9.78. The molecule has 0 heterocycles. The van der Waals surface area contributed by atoms with E-state index in [4.69, 9.17) is 4.74 Å². The third-order valence-corrected chi connectivity index (χ3v) is 6.98. The van der Waals surface area contributed by atoms with E-state index in [1.165, 1.54) is 82.6 Å². The summed E-state index contributed by atoms with van der Waals surface area (Å²) >= 11 is 0. The van der Waals surface area contributed by atoms with Crippen molar-refractivity contribution in [3.63, 3.8) is 0 Å². The van der Waals surface area contributed by atoms with Crippen LogP contribution in [0.2, 0.25) is 0 Å². The lowest BCUT2D eigenvalue weighted by Crippen LogP contribution is -2.41. The first kappa shape index (κ1) is 32.0. The second-order valence-electron chi connectivity index (χ2n) is 13.6. The number of ether oxygens (including phenoxy) is 1. The number of phenolic OH excluding ortho intramolecular Hbond substituents is 1. The molecule has 0 aliphatic carbocycles. The van der Waals surface area contributed by atoms with Gasteiger partial charge in [0.15, 0.2) is 6.73 Å². The van der Waals surface area contributed by atoms with Crippen LogP contribution >= 0.6 is 0 Å². The van der Waals surface area contributed by atoms with E-state index < -0.39 is 0 Å². The fourth-order valence-corrected chi connectivity index (χ4v) is 4.83. The van der Waals surface area contributed by atoms with E-state index in [1.54, 1.807) is 0 Å². The third kappa shape index (κ3) is 13.2. The summed E-state index contributed by atoms with van der Waals surface area (Å²) in [5.74, 6) is 0.460. The number of quaternary nitrogens is 1. The van der Waals surface area contributed by atoms with Gasteiger partial charge in [-0.05, 0) is 29.4 Å². The molecule has 0 radical (unpaired) electrons. The van der Waals surface area contributed by atoms with E-state index >= 15 is 0 Å². The van der Waals surface area contributed by atoms with Gasteiger partial charge >= 0.3 is 0 Å². The molecule has 3 nitrogen and oxygen atoms in total. The summed E-state index contributed by atoms with van der Waals surface area (Å²) in [5.41, 5.74) is 3.16. The third-order valence-electron chi connectivity index (χ3n) is 6.98. The fourth-order valence-electron chi connectivity index (χ4n) is 4.83. The van der Waals surface area contributed by atoms with Gasteiger partial charge in [-0.15, -0.1) is 0 Å². The summed E-state index contributed by atoms with van der Waals surface area (Å²) in [5, 5.41) is 11.0. The molecule has 0 bridgehead atoms. The Morgan fingerprint density at radius 2 is 1.09 bits per heavy atom. The van der Waals surface area contributed by atoms with Crippen LogP contribution in [0, 0.1) is 0 Å². The number of rotatable bonds is 17. The van der Waals surface area contributed by atoms with Crippen LogP contribution in [-0.4, -0.2) is 37.0 Å². The Bertz CT molecular complexity index is 674. The second-order valence-corrected chi connectivity index (χ2v) is 13.6. The molecule has 0 unspecified atom stereocenters. The number of hydrogen-bond donors (Lipinski definition) is 1. The first-order valence-corrected chi connectivity index (χ1v) is 14.5. The minimum atomic E-state index is -0.0949. The highest BCUT2D eigenvalue weighted by atomic mass is 16.5. The Hall–Kier alpha value is -1.06. The first-order valence-electron chi connectivity index (χ1n) is 14.5. The summed E-state index contributed by atoms with van der Waals surface area (Å²) in [6.45, 7) is 17.8. The molecule has 204 valence electrons. The smallest absolute Gasteiger partial charge is 0.182 e. The molecular formula is C32H60NO2+. The highest BCUT2D eigenvalue weighted by Crippen LogP contribution is 2.40. The Morgan fingerprint density at radius 3 is 1.49 bits per heavy atom. The van der Waals surface area contributed by atoms with Crippen molar-refractivity contribution in [2.45, 2.75) is 143 Å². The van der Waals surface area contributed by atoms with Crippen molar-refractivity contribution in [3.05, 3.63) is 28.8 Å². The predicted molar refractivity (Wildman–Crippen MR) is 153 cm³/mol.